The number of fused-ring (bicyclic) bond motifs is 1. The molecule has 0 spiro atoms. The second-order valence-electron chi connectivity index (χ2n) is 7.17. The van der Waals surface area contributed by atoms with Crippen molar-refractivity contribution in [1.82, 2.24) is 15.1 Å². The summed E-state index contributed by atoms with van der Waals surface area (Å²) in [6, 6.07) is 17.6. The van der Waals surface area contributed by atoms with Crippen molar-refractivity contribution in [2.45, 2.75) is 12.7 Å². The van der Waals surface area contributed by atoms with E-state index in [4.69, 9.17) is 5.73 Å². The van der Waals surface area contributed by atoms with Crippen molar-refractivity contribution in [3.8, 4) is 0 Å². The highest BCUT2D eigenvalue weighted by Crippen LogP contribution is 2.39. The third kappa shape index (κ3) is 3.58. The van der Waals surface area contributed by atoms with Gasteiger partial charge in [-0.15, -0.1) is 0 Å². The molecule has 1 unspecified atom stereocenters. The van der Waals surface area contributed by atoms with Crippen molar-refractivity contribution in [2.75, 3.05) is 37.6 Å². The molecule has 28 heavy (non-hydrogen) atoms. The van der Waals surface area contributed by atoms with E-state index in [1.807, 2.05) is 54.6 Å². The number of carbonyl (C=O) groups excluding carboxylic acids is 2. The van der Waals surface area contributed by atoms with Crippen LogP contribution in [0.4, 0.5) is 10.5 Å². The zero-order valence-corrected chi connectivity index (χ0v) is 15.8. The van der Waals surface area contributed by atoms with Gasteiger partial charge in [0.15, 0.2) is 0 Å². The van der Waals surface area contributed by atoms with Gasteiger partial charge in [-0.05, 0) is 11.6 Å². The first kappa shape index (κ1) is 18.5. The molecule has 1 fully saturated rings. The Morgan fingerprint density at radius 3 is 2.43 bits per heavy atom. The Morgan fingerprint density at radius 1 is 1.04 bits per heavy atom. The van der Waals surface area contributed by atoms with Crippen LogP contribution in [0.3, 0.4) is 0 Å². The molecule has 7 nitrogen and oxygen atoms in total. The average molecular weight is 379 g/mol. The Hall–Kier alpha value is -2.90. The Labute approximate surface area is 164 Å². The normalized spacial score (nSPS) is 20.1. The molecule has 2 aromatic carbocycles. The van der Waals surface area contributed by atoms with Crippen molar-refractivity contribution < 1.29 is 9.59 Å². The molecule has 146 valence electrons. The Bertz CT molecular complexity index is 851. The Kier molecular flexibility index (Phi) is 5.27. The molecular formula is C21H25N5O2. The molecule has 0 aromatic heterocycles. The van der Waals surface area contributed by atoms with Crippen molar-refractivity contribution in [3.05, 3.63) is 65.7 Å². The van der Waals surface area contributed by atoms with Crippen molar-refractivity contribution in [2.24, 2.45) is 5.73 Å². The number of nitrogens with two attached hydrogens (primary N) is 1. The van der Waals surface area contributed by atoms with E-state index in [9.17, 15) is 9.59 Å². The predicted octanol–water partition coefficient (Wildman–Crippen LogP) is 1.52. The fraction of sp³-hybridized carbons (Fsp3) is 0.333. The second kappa shape index (κ2) is 8.00. The highest BCUT2D eigenvalue weighted by atomic mass is 16.2. The molecule has 2 aromatic rings. The topological polar surface area (TPSA) is 81.9 Å². The summed E-state index contributed by atoms with van der Waals surface area (Å²) >= 11 is 0. The zero-order valence-electron chi connectivity index (χ0n) is 15.8. The third-order valence-corrected chi connectivity index (χ3v) is 5.28. The minimum atomic E-state index is -0.507. The lowest BCUT2D eigenvalue weighted by molar-refractivity contribution is -0.120. The van der Waals surface area contributed by atoms with Crippen LogP contribution in [0.1, 0.15) is 17.3 Å². The molecule has 3 N–H and O–H groups in total. The molecule has 3 amide bonds. The van der Waals surface area contributed by atoms with Crippen molar-refractivity contribution in [1.29, 1.82) is 0 Å². The third-order valence-electron chi connectivity index (χ3n) is 5.28. The van der Waals surface area contributed by atoms with E-state index in [0.717, 1.165) is 43.0 Å². The quantitative estimate of drug-likeness (QED) is 0.825. The molecule has 1 atom stereocenters. The minimum Gasteiger partial charge on any atom is -0.368 e. The van der Waals surface area contributed by atoms with Crippen LogP contribution < -0.4 is 16.0 Å². The van der Waals surface area contributed by atoms with Gasteiger partial charge in [0, 0.05) is 31.7 Å². The molecule has 2 heterocycles. The molecular weight excluding hydrogens is 354 g/mol. The van der Waals surface area contributed by atoms with E-state index in [0.29, 0.717) is 6.54 Å². The van der Waals surface area contributed by atoms with Crippen LogP contribution in [0.5, 0.6) is 0 Å². The van der Waals surface area contributed by atoms with Gasteiger partial charge in [0.2, 0.25) is 5.91 Å². The van der Waals surface area contributed by atoms with Crippen molar-refractivity contribution >= 4 is 17.6 Å². The summed E-state index contributed by atoms with van der Waals surface area (Å²) in [6.45, 7) is 3.66. The number of primary amides is 1. The van der Waals surface area contributed by atoms with Crippen LogP contribution in [0.2, 0.25) is 0 Å². The molecule has 0 radical (unpaired) electrons. The monoisotopic (exact) mass is 379 g/mol. The van der Waals surface area contributed by atoms with Gasteiger partial charge in [0.05, 0.1) is 12.2 Å². The fourth-order valence-electron chi connectivity index (χ4n) is 4.04. The smallest absolute Gasteiger partial charge is 0.326 e. The van der Waals surface area contributed by atoms with Gasteiger partial charge in [0.25, 0.3) is 0 Å². The van der Waals surface area contributed by atoms with Gasteiger partial charge in [0.1, 0.15) is 12.7 Å². The lowest BCUT2D eigenvalue weighted by Crippen LogP contribution is -2.58. The van der Waals surface area contributed by atoms with Gasteiger partial charge >= 0.3 is 6.03 Å². The second-order valence-corrected chi connectivity index (χ2v) is 7.17. The first-order chi connectivity index (χ1) is 13.6. The Balaban J connectivity index is 1.76. The summed E-state index contributed by atoms with van der Waals surface area (Å²) in [4.78, 5) is 30.9. The lowest BCUT2D eigenvalue weighted by atomic mass is 10.0. The van der Waals surface area contributed by atoms with E-state index in [2.05, 4.69) is 10.2 Å². The SMILES string of the molecule is NC(=O)CN1C(=O)N(Cc2ccccc2)c2ccccc2C1N1CCNCC1. The maximum atomic E-state index is 13.5. The van der Waals surface area contributed by atoms with Crippen molar-refractivity contribution in [3.63, 3.8) is 0 Å². The summed E-state index contributed by atoms with van der Waals surface area (Å²) in [7, 11) is 0. The number of para-hydroxylation sites is 1. The molecule has 7 heteroatoms. The predicted molar refractivity (Wildman–Crippen MR) is 108 cm³/mol. The van der Waals surface area contributed by atoms with Crippen LogP contribution in [0.15, 0.2) is 54.6 Å². The van der Waals surface area contributed by atoms with Crippen LogP contribution in [0, 0.1) is 0 Å². The highest BCUT2D eigenvalue weighted by Gasteiger charge is 2.41. The van der Waals surface area contributed by atoms with E-state index < -0.39 is 5.91 Å². The average Bonchev–Trinajstić information content (AvgIpc) is 2.72. The first-order valence-corrected chi connectivity index (χ1v) is 9.59. The molecule has 0 aliphatic carbocycles. The molecule has 2 aliphatic rings. The molecule has 4 rings (SSSR count). The number of hydrogen-bond donors (Lipinski definition) is 2. The number of nitrogens with zero attached hydrogens (tertiary/aromatic N) is 3. The maximum absolute atomic E-state index is 13.5. The summed E-state index contributed by atoms with van der Waals surface area (Å²) in [5.41, 5.74) is 8.46. The van der Waals surface area contributed by atoms with Gasteiger partial charge in [-0.25, -0.2) is 4.79 Å². The molecule has 0 saturated carbocycles. The maximum Gasteiger partial charge on any atom is 0.326 e. The fourth-order valence-corrected chi connectivity index (χ4v) is 4.04. The lowest BCUT2D eigenvalue weighted by Gasteiger charge is -2.47. The van der Waals surface area contributed by atoms with Crippen LogP contribution >= 0.6 is 0 Å². The van der Waals surface area contributed by atoms with Crippen LogP contribution in [0.25, 0.3) is 0 Å². The largest absolute Gasteiger partial charge is 0.368 e. The van der Waals surface area contributed by atoms with Crippen LogP contribution in [-0.2, 0) is 11.3 Å². The standard InChI is InChI=1S/C21H25N5O2/c22-19(27)15-26-20(24-12-10-23-11-13-24)17-8-4-5-9-18(17)25(21(26)28)14-16-6-2-1-3-7-16/h1-9,20,23H,10-15H2,(H2,22,27). The van der Waals surface area contributed by atoms with E-state index in [1.54, 1.807) is 9.80 Å². The number of amides is 3. The summed E-state index contributed by atoms with van der Waals surface area (Å²) in [5.74, 6) is -0.507. The first-order valence-electron chi connectivity index (χ1n) is 9.59. The van der Waals surface area contributed by atoms with E-state index in [-0.39, 0.29) is 18.7 Å². The number of benzene rings is 2. The Morgan fingerprint density at radius 2 is 1.71 bits per heavy atom. The van der Waals surface area contributed by atoms with Gasteiger partial charge < -0.3 is 11.1 Å². The van der Waals surface area contributed by atoms with E-state index >= 15 is 0 Å². The summed E-state index contributed by atoms with van der Waals surface area (Å²) in [6.07, 6.45) is -0.287. The number of carbonyl (C=O) groups is 2. The van der Waals surface area contributed by atoms with Gasteiger partial charge in [-0.1, -0.05) is 48.5 Å². The van der Waals surface area contributed by atoms with Gasteiger partial charge in [-0.3, -0.25) is 19.5 Å². The highest BCUT2D eigenvalue weighted by molar-refractivity contribution is 5.97. The number of anilines is 1. The van der Waals surface area contributed by atoms with Crippen LogP contribution in [-0.4, -0.2) is 54.5 Å². The summed E-state index contributed by atoms with van der Waals surface area (Å²) < 4.78 is 0. The zero-order chi connectivity index (χ0) is 19.5. The van der Waals surface area contributed by atoms with E-state index in [1.165, 1.54) is 0 Å². The molecule has 0 bridgehead atoms. The number of hydrogen-bond acceptors (Lipinski definition) is 4. The van der Waals surface area contributed by atoms with Gasteiger partial charge in [-0.2, -0.15) is 0 Å². The number of piperazine rings is 1. The molecule has 2 aliphatic heterocycles. The number of urea groups is 1. The molecule has 1 saturated heterocycles. The minimum absolute atomic E-state index is 0.104. The number of rotatable bonds is 5. The summed E-state index contributed by atoms with van der Waals surface area (Å²) in [5, 5.41) is 3.34. The number of nitrogens with one attached hydrogen (secondary N) is 1.